The molecule has 0 spiro atoms. The average Bonchev–Trinajstić information content (AvgIpc) is 2.92. The molecule has 9 nitrogen and oxygen atoms in total. The first-order chi connectivity index (χ1) is 13.7. The molecule has 1 fully saturated rings. The smallest absolute Gasteiger partial charge is 0.344 e. The van der Waals surface area contributed by atoms with Crippen molar-refractivity contribution in [2.45, 2.75) is 52.0 Å². The minimum atomic E-state index is -1.35. The number of nitro benzene ring substituents is 1. The first kappa shape index (κ1) is 22.5. The summed E-state index contributed by atoms with van der Waals surface area (Å²) < 4.78 is 0. The maximum Gasteiger partial charge on any atom is 0.344 e. The van der Waals surface area contributed by atoms with E-state index in [4.69, 9.17) is 12.2 Å². The van der Waals surface area contributed by atoms with Crippen molar-refractivity contribution in [3.8, 4) is 0 Å². The van der Waals surface area contributed by atoms with Gasteiger partial charge in [-0.15, -0.1) is 0 Å². The summed E-state index contributed by atoms with van der Waals surface area (Å²) in [6.07, 6.45) is 4.37. The van der Waals surface area contributed by atoms with Crippen molar-refractivity contribution in [3.63, 3.8) is 0 Å². The van der Waals surface area contributed by atoms with Crippen LogP contribution in [0.5, 0.6) is 0 Å². The molecule has 0 aliphatic carbocycles. The molecular weight excluding hydrogens is 394 g/mol. The van der Waals surface area contributed by atoms with E-state index in [-0.39, 0.29) is 10.8 Å². The van der Waals surface area contributed by atoms with E-state index in [1.54, 1.807) is 6.92 Å². The number of hydrazine groups is 1. The first-order valence-corrected chi connectivity index (χ1v) is 10.1. The Morgan fingerprint density at radius 2 is 1.97 bits per heavy atom. The Labute approximate surface area is 175 Å². The number of rotatable bonds is 9. The van der Waals surface area contributed by atoms with Crippen LogP contribution in [0.2, 0.25) is 0 Å². The topological polar surface area (TPSA) is 117 Å². The summed E-state index contributed by atoms with van der Waals surface area (Å²) >= 11 is 5.24. The van der Waals surface area contributed by atoms with Crippen LogP contribution in [0.25, 0.3) is 0 Å². The number of hydrogen-bond donors (Lipinski definition) is 3. The van der Waals surface area contributed by atoms with Crippen molar-refractivity contribution in [1.82, 2.24) is 21.1 Å². The second kappa shape index (κ2) is 9.64. The molecule has 3 N–H and O–H groups in total. The number of nitrogens with zero attached hydrogens (tertiary/aromatic N) is 2. The molecule has 0 saturated carbocycles. The molecule has 0 unspecified atom stereocenters. The molecule has 0 radical (unpaired) electrons. The second-order valence-corrected chi connectivity index (χ2v) is 7.65. The molecule has 2 atom stereocenters. The lowest BCUT2D eigenvalue weighted by molar-refractivity contribution is -0.384. The van der Waals surface area contributed by atoms with E-state index >= 15 is 0 Å². The van der Waals surface area contributed by atoms with Gasteiger partial charge in [0.2, 0.25) is 0 Å². The predicted molar refractivity (Wildman–Crippen MR) is 113 cm³/mol. The highest BCUT2D eigenvalue weighted by molar-refractivity contribution is 7.80. The van der Waals surface area contributed by atoms with Gasteiger partial charge in [0.25, 0.3) is 11.6 Å². The molecule has 1 aliphatic rings. The van der Waals surface area contributed by atoms with Crippen LogP contribution >= 0.6 is 12.2 Å². The zero-order chi connectivity index (χ0) is 21.6. The molecule has 1 aromatic carbocycles. The van der Waals surface area contributed by atoms with Gasteiger partial charge < -0.3 is 10.6 Å². The van der Waals surface area contributed by atoms with Crippen LogP contribution in [-0.2, 0) is 10.3 Å². The van der Waals surface area contributed by atoms with Gasteiger partial charge in [-0.1, -0.05) is 33.1 Å². The molecule has 0 bridgehead atoms. The van der Waals surface area contributed by atoms with E-state index in [0.717, 1.165) is 30.7 Å². The van der Waals surface area contributed by atoms with Gasteiger partial charge in [0.1, 0.15) is 5.54 Å². The summed E-state index contributed by atoms with van der Waals surface area (Å²) in [5.74, 6) is -0.0818. The van der Waals surface area contributed by atoms with Crippen LogP contribution < -0.4 is 16.1 Å². The molecule has 10 heteroatoms. The number of hydrogen-bond acceptors (Lipinski definition) is 5. The second-order valence-electron chi connectivity index (χ2n) is 7.24. The Hall–Kier alpha value is -2.75. The van der Waals surface area contributed by atoms with Gasteiger partial charge in [-0.3, -0.25) is 20.3 Å². The maximum absolute atomic E-state index is 12.9. The number of non-ortho nitro benzene ring substituents is 1. The van der Waals surface area contributed by atoms with E-state index in [1.165, 1.54) is 24.3 Å². The van der Waals surface area contributed by atoms with Crippen LogP contribution in [0.3, 0.4) is 0 Å². The zero-order valence-corrected chi connectivity index (χ0v) is 17.7. The van der Waals surface area contributed by atoms with Crippen molar-refractivity contribution < 1.29 is 14.5 Å². The number of unbranched alkanes of at least 4 members (excludes halogenated alkanes) is 1. The third-order valence-corrected chi connectivity index (χ3v) is 5.39. The molecule has 1 heterocycles. The molecule has 0 aromatic heterocycles. The number of amides is 3. The van der Waals surface area contributed by atoms with Gasteiger partial charge in [0, 0.05) is 18.7 Å². The van der Waals surface area contributed by atoms with Crippen molar-refractivity contribution in [2.75, 3.05) is 6.54 Å². The van der Waals surface area contributed by atoms with Crippen molar-refractivity contribution in [2.24, 2.45) is 5.92 Å². The zero-order valence-electron chi connectivity index (χ0n) is 16.9. The maximum atomic E-state index is 12.9. The molecule has 1 saturated heterocycles. The monoisotopic (exact) mass is 421 g/mol. The predicted octanol–water partition coefficient (Wildman–Crippen LogP) is 2.96. The van der Waals surface area contributed by atoms with Crippen LogP contribution in [0.1, 0.15) is 52.0 Å². The van der Waals surface area contributed by atoms with E-state index in [0.29, 0.717) is 18.0 Å². The molecule has 2 rings (SSSR count). The summed E-state index contributed by atoms with van der Waals surface area (Å²) in [4.78, 5) is 35.5. The number of benzene rings is 1. The van der Waals surface area contributed by atoms with E-state index in [2.05, 4.69) is 29.9 Å². The molecule has 1 aromatic rings. The van der Waals surface area contributed by atoms with Crippen molar-refractivity contribution in [1.29, 1.82) is 0 Å². The quantitative estimate of drug-likeness (QED) is 0.243. The molecule has 158 valence electrons. The Balaban J connectivity index is 2.02. The van der Waals surface area contributed by atoms with Gasteiger partial charge in [-0.25, -0.2) is 4.79 Å². The van der Waals surface area contributed by atoms with Crippen LogP contribution in [0.15, 0.2) is 24.3 Å². The van der Waals surface area contributed by atoms with Crippen molar-refractivity contribution >= 4 is 35.0 Å². The lowest BCUT2D eigenvalue weighted by Gasteiger charge is -2.23. The number of urea groups is 1. The van der Waals surface area contributed by atoms with E-state index < -0.39 is 22.4 Å². The number of carbonyl (C=O) groups is 2. The van der Waals surface area contributed by atoms with Crippen molar-refractivity contribution in [3.05, 3.63) is 39.9 Å². The number of imide groups is 1. The highest BCUT2D eigenvalue weighted by Crippen LogP contribution is 2.29. The lowest BCUT2D eigenvalue weighted by atomic mass is 9.92. The minimum absolute atomic E-state index is 0.0944. The summed E-state index contributed by atoms with van der Waals surface area (Å²) in [6.45, 7) is 6.47. The van der Waals surface area contributed by atoms with Crippen LogP contribution in [-0.4, -0.2) is 33.5 Å². The van der Waals surface area contributed by atoms with Crippen LogP contribution in [0.4, 0.5) is 10.5 Å². The molecular formula is C19H27N5O4S. The fourth-order valence-electron chi connectivity index (χ4n) is 3.17. The highest BCUT2D eigenvalue weighted by Gasteiger charge is 2.49. The van der Waals surface area contributed by atoms with Crippen LogP contribution in [0, 0.1) is 16.0 Å². The number of carbonyl (C=O) groups excluding carboxylic acids is 2. The SMILES string of the molecule is CCCC[C@H](CC)CNC(=S)NN1C(=O)N[C@](C)(c2ccc([N+](=O)[O-])cc2)C1=O. The standard InChI is InChI=1S/C19H27N5O4S/c1-4-6-7-13(5-2)12-20-17(29)22-23-16(25)19(3,21-18(23)26)14-8-10-15(11-9-14)24(27)28/h8-11,13H,4-7,12H2,1-3H3,(H,21,26)(H2,20,22,29)/t13-,19+/m0/s1. The highest BCUT2D eigenvalue weighted by atomic mass is 32.1. The van der Waals surface area contributed by atoms with Gasteiger partial charge in [0.05, 0.1) is 4.92 Å². The van der Waals surface area contributed by atoms with Gasteiger partial charge in [-0.05, 0) is 49.2 Å². The minimum Gasteiger partial charge on any atom is -0.361 e. The summed E-state index contributed by atoms with van der Waals surface area (Å²) in [7, 11) is 0. The van der Waals surface area contributed by atoms with Gasteiger partial charge in [0.15, 0.2) is 5.11 Å². The summed E-state index contributed by atoms with van der Waals surface area (Å²) in [5, 5.41) is 17.5. The first-order valence-electron chi connectivity index (χ1n) is 9.69. The fourth-order valence-corrected chi connectivity index (χ4v) is 3.35. The Morgan fingerprint density at radius 1 is 1.31 bits per heavy atom. The van der Waals surface area contributed by atoms with Gasteiger partial charge in [-0.2, -0.15) is 5.01 Å². The summed E-state index contributed by atoms with van der Waals surface area (Å²) in [6, 6.07) is 4.86. The average molecular weight is 422 g/mol. The third kappa shape index (κ3) is 5.20. The van der Waals surface area contributed by atoms with Gasteiger partial charge >= 0.3 is 6.03 Å². The lowest BCUT2D eigenvalue weighted by Crippen LogP contribution is -2.51. The summed E-state index contributed by atoms with van der Waals surface area (Å²) in [5.41, 5.74) is 1.65. The Kier molecular flexibility index (Phi) is 7.49. The number of thiocarbonyl (C=S) groups is 1. The largest absolute Gasteiger partial charge is 0.361 e. The number of nitrogens with one attached hydrogen (secondary N) is 3. The molecule has 1 aliphatic heterocycles. The van der Waals surface area contributed by atoms with E-state index in [9.17, 15) is 19.7 Å². The Morgan fingerprint density at radius 3 is 2.52 bits per heavy atom. The third-order valence-electron chi connectivity index (χ3n) is 5.15. The molecule has 29 heavy (non-hydrogen) atoms. The normalized spacial score (nSPS) is 19.6. The molecule has 3 amide bonds. The Bertz CT molecular complexity index is 785. The fraction of sp³-hybridized carbons (Fsp3) is 0.526. The number of nitro groups is 1. The van der Waals surface area contributed by atoms with E-state index in [1.807, 2.05) is 0 Å².